The van der Waals surface area contributed by atoms with Gasteiger partial charge >= 0.3 is 5.97 Å². The van der Waals surface area contributed by atoms with Crippen LogP contribution >= 0.6 is 24.0 Å². The number of benzene rings is 2. The van der Waals surface area contributed by atoms with Gasteiger partial charge in [0.05, 0.1) is 4.91 Å². The van der Waals surface area contributed by atoms with Crippen LogP contribution in [-0.4, -0.2) is 37.3 Å². The molecule has 1 aliphatic heterocycles. The Hall–Kier alpha value is -2.90. The average Bonchev–Trinajstić information content (AvgIpc) is 3.12. The smallest absolute Gasteiger partial charge is 0.323 e. The zero-order valence-electron chi connectivity index (χ0n) is 15.7. The zero-order valence-corrected chi connectivity index (χ0v) is 17.3. The second kappa shape index (κ2) is 7.85. The Morgan fingerprint density at radius 2 is 1.83 bits per heavy atom. The highest BCUT2D eigenvalue weighted by Gasteiger charge is 2.33. The van der Waals surface area contributed by atoms with Crippen LogP contribution in [0.2, 0.25) is 0 Å². The molecule has 146 valence electrons. The quantitative estimate of drug-likeness (QED) is 0.491. The fraction of sp³-hybridized carbons (Fsp3) is 0.136. The van der Waals surface area contributed by atoms with Gasteiger partial charge in [0.2, 0.25) is 0 Å². The molecule has 1 amide bonds. The van der Waals surface area contributed by atoms with E-state index in [1.54, 1.807) is 0 Å². The summed E-state index contributed by atoms with van der Waals surface area (Å²) in [7, 11) is 0. The van der Waals surface area contributed by atoms with Crippen molar-refractivity contribution in [2.75, 3.05) is 6.54 Å². The van der Waals surface area contributed by atoms with Gasteiger partial charge in [-0.1, -0.05) is 72.5 Å². The number of thioether (sulfide) groups is 1. The lowest BCUT2D eigenvalue weighted by molar-refractivity contribution is -0.140. The highest BCUT2D eigenvalue weighted by atomic mass is 32.2. The van der Waals surface area contributed by atoms with Crippen LogP contribution in [0.4, 0.5) is 0 Å². The predicted molar refractivity (Wildman–Crippen MR) is 120 cm³/mol. The normalized spacial score (nSPS) is 15.6. The maximum atomic E-state index is 12.7. The standard InChI is InChI=1S/C22H18N2O3S2/c1-14-17(11-19-21(27)24(13-20(25)26)22(28)29-19)16-9-5-6-10-18(16)23(14)12-15-7-3-2-4-8-15/h2-11H,12-13H2,1H3,(H,25,26)/b19-11+. The number of nitrogens with zero attached hydrogens (tertiary/aromatic N) is 2. The summed E-state index contributed by atoms with van der Waals surface area (Å²) in [6.07, 6.45) is 1.83. The number of thiocarbonyl (C=S) groups is 1. The lowest BCUT2D eigenvalue weighted by Crippen LogP contribution is -2.33. The molecule has 1 saturated heterocycles. The van der Waals surface area contributed by atoms with Gasteiger partial charge in [0.25, 0.3) is 5.91 Å². The molecule has 1 N–H and O–H groups in total. The molecule has 0 radical (unpaired) electrons. The van der Waals surface area contributed by atoms with Crippen LogP contribution in [0.3, 0.4) is 0 Å². The molecular formula is C22H18N2O3S2. The number of carbonyl (C=O) groups is 2. The van der Waals surface area contributed by atoms with E-state index in [4.69, 9.17) is 17.3 Å². The van der Waals surface area contributed by atoms with Crippen molar-refractivity contribution in [3.63, 3.8) is 0 Å². The van der Waals surface area contributed by atoms with Crippen molar-refractivity contribution in [2.45, 2.75) is 13.5 Å². The number of aliphatic carboxylic acids is 1. The number of hydrogen-bond acceptors (Lipinski definition) is 4. The minimum Gasteiger partial charge on any atom is -0.480 e. The van der Waals surface area contributed by atoms with Crippen LogP contribution < -0.4 is 0 Å². The molecule has 29 heavy (non-hydrogen) atoms. The van der Waals surface area contributed by atoms with E-state index < -0.39 is 12.5 Å². The second-order valence-corrected chi connectivity index (χ2v) is 8.43. The van der Waals surface area contributed by atoms with Gasteiger partial charge in [0, 0.05) is 28.7 Å². The largest absolute Gasteiger partial charge is 0.480 e. The predicted octanol–water partition coefficient (Wildman–Crippen LogP) is 4.28. The molecule has 1 aromatic heterocycles. The lowest BCUT2D eigenvalue weighted by atomic mass is 10.1. The third kappa shape index (κ3) is 3.71. The SMILES string of the molecule is Cc1c(/C=C2/SC(=S)N(CC(=O)O)C2=O)c2ccccc2n1Cc1ccccc1. The van der Waals surface area contributed by atoms with Crippen molar-refractivity contribution >= 4 is 57.2 Å². The molecule has 1 fully saturated rings. The monoisotopic (exact) mass is 422 g/mol. The van der Waals surface area contributed by atoms with Gasteiger partial charge in [0.1, 0.15) is 10.9 Å². The van der Waals surface area contributed by atoms with E-state index in [9.17, 15) is 9.59 Å². The van der Waals surface area contributed by atoms with E-state index in [2.05, 4.69) is 22.8 Å². The number of para-hydroxylation sites is 1. The number of carbonyl (C=O) groups excluding carboxylic acids is 1. The highest BCUT2D eigenvalue weighted by Crippen LogP contribution is 2.35. The Morgan fingerprint density at radius 1 is 1.14 bits per heavy atom. The molecule has 5 nitrogen and oxygen atoms in total. The molecule has 2 aromatic carbocycles. The lowest BCUT2D eigenvalue weighted by Gasteiger charge is -2.10. The van der Waals surface area contributed by atoms with E-state index in [1.165, 1.54) is 5.56 Å². The second-order valence-electron chi connectivity index (χ2n) is 6.75. The fourth-order valence-electron chi connectivity index (χ4n) is 3.51. The van der Waals surface area contributed by atoms with Crippen molar-refractivity contribution in [1.82, 2.24) is 9.47 Å². The van der Waals surface area contributed by atoms with Crippen molar-refractivity contribution in [2.24, 2.45) is 0 Å². The van der Waals surface area contributed by atoms with Crippen LogP contribution in [0.25, 0.3) is 17.0 Å². The number of rotatable bonds is 5. The first-order valence-electron chi connectivity index (χ1n) is 9.04. The van der Waals surface area contributed by atoms with E-state index in [0.717, 1.165) is 45.4 Å². The summed E-state index contributed by atoms with van der Waals surface area (Å²) in [5.74, 6) is -1.44. The number of carboxylic acids is 1. The Labute approximate surface area is 177 Å². The molecule has 3 aromatic rings. The third-order valence-electron chi connectivity index (χ3n) is 4.91. The van der Waals surface area contributed by atoms with Gasteiger partial charge in [-0.25, -0.2) is 0 Å². The summed E-state index contributed by atoms with van der Waals surface area (Å²) in [5.41, 5.74) is 4.27. The average molecular weight is 423 g/mol. The topological polar surface area (TPSA) is 62.5 Å². The summed E-state index contributed by atoms with van der Waals surface area (Å²) in [6.45, 7) is 2.34. The molecule has 0 unspecified atom stereocenters. The Kier molecular flexibility index (Phi) is 5.25. The molecule has 0 atom stereocenters. The summed E-state index contributed by atoms with van der Waals surface area (Å²) < 4.78 is 2.50. The molecule has 0 spiro atoms. The van der Waals surface area contributed by atoms with Crippen molar-refractivity contribution in [3.05, 3.63) is 76.3 Å². The summed E-state index contributed by atoms with van der Waals surface area (Å²) >= 11 is 6.35. The van der Waals surface area contributed by atoms with Crippen molar-refractivity contribution in [1.29, 1.82) is 0 Å². The van der Waals surface area contributed by atoms with Gasteiger partial charge in [-0.05, 0) is 24.6 Å². The maximum absolute atomic E-state index is 12.7. The van der Waals surface area contributed by atoms with E-state index >= 15 is 0 Å². The molecular weight excluding hydrogens is 404 g/mol. The van der Waals surface area contributed by atoms with Gasteiger partial charge in [0.15, 0.2) is 0 Å². The molecule has 0 saturated carbocycles. The number of amides is 1. The minimum absolute atomic E-state index is 0.273. The third-order valence-corrected chi connectivity index (χ3v) is 6.28. The first-order chi connectivity index (χ1) is 14.0. The fourth-order valence-corrected chi connectivity index (χ4v) is 4.75. The summed E-state index contributed by atoms with van der Waals surface area (Å²) in [4.78, 5) is 25.3. The van der Waals surface area contributed by atoms with E-state index in [0.29, 0.717) is 4.91 Å². The van der Waals surface area contributed by atoms with E-state index in [-0.39, 0.29) is 10.2 Å². The van der Waals surface area contributed by atoms with Crippen molar-refractivity contribution in [3.8, 4) is 0 Å². The molecule has 1 aliphatic rings. The van der Waals surface area contributed by atoms with E-state index in [1.807, 2.05) is 49.4 Å². The van der Waals surface area contributed by atoms with Crippen molar-refractivity contribution < 1.29 is 14.7 Å². The molecule has 0 aliphatic carbocycles. The highest BCUT2D eigenvalue weighted by molar-refractivity contribution is 8.26. The molecule has 2 heterocycles. The van der Waals surface area contributed by atoms with Gasteiger partial charge in [-0.2, -0.15) is 0 Å². The van der Waals surface area contributed by atoms with Gasteiger partial charge in [-0.3, -0.25) is 14.5 Å². The zero-order chi connectivity index (χ0) is 20.5. The van der Waals surface area contributed by atoms with Crippen LogP contribution in [-0.2, 0) is 16.1 Å². The first kappa shape index (κ1) is 19.4. The molecule has 0 bridgehead atoms. The Morgan fingerprint density at radius 3 is 2.55 bits per heavy atom. The van der Waals surface area contributed by atoms with Crippen LogP contribution in [0.1, 0.15) is 16.8 Å². The molecule has 4 rings (SSSR count). The number of hydrogen-bond donors (Lipinski definition) is 1. The number of aromatic nitrogens is 1. The Bertz CT molecular complexity index is 1170. The Balaban J connectivity index is 1.78. The van der Waals surface area contributed by atoms with Crippen LogP contribution in [0.5, 0.6) is 0 Å². The molecule has 7 heteroatoms. The van der Waals surface area contributed by atoms with Crippen LogP contribution in [0.15, 0.2) is 59.5 Å². The van der Waals surface area contributed by atoms with Gasteiger partial charge in [-0.15, -0.1) is 0 Å². The summed E-state index contributed by atoms with van der Waals surface area (Å²) in [5, 5.41) is 10.1. The van der Waals surface area contributed by atoms with Crippen LogP contribution in [0, 0.1) is 6.92 Å². The first-order valence-corrected chi connectivity index (χ1v) is 10.3. The number of carboxylic acid groups (broad SMARTS) is 1. The summed E-state index contributed by atoms with van der Waals surface area (Å²) in [6, 6.07) is 18.3. The minimum atomic E-state index is -1.09. The number of fused-ring (bicyclic) bond motifs is 1. The van der Waals surface area contributed by atoms with Gasteiger partial charge < -0.3 is 9.67 Å². The maximum Gasteiger partial charge on any atom is 0.323 e.